The van der Waals surface area contributed by atoms with Crippen LogP contribution in [0.1, 0.15) is 29.5 Å². The van der Waals surface area contributed by atoms with E-state index in [4.69, 9.17) is 4.74 Å². The number of nitrogens with zero attached hydrogens (tertiary/aromatic N) is 1. The van der Waals surface area contributed by atoms with E-state index < -0.39 is 6.09 Å². The second kappa shape index (κ2) is 9.90. The SMILES string of the molecule is C[C@@H]1SC(c2ccccc2)=C[C@H](c2ccccc2)[C@H]1C(=O)N1C(=O)OC[C@@H]1Cc1ccccc1. The number of amides is 2. The molecule has 0 saturated carbocycles. The van der Waals surface area contributed by atoms with Crippen molar-refractivity contribution < 1.29 is 14.3 Å². The molecule has 5 rings (SSSR count). The Hall–Kier alpha value is -3.31. The molecule has 34 heavy (non-hydrogen) atoms. The summed E-state index contributed by atoms with van der Waals surface area (Å²) in [5.41, 5.74) is 3.31. The Morgan fingerprint density at radius 1 is 0.941 bits per heavy atom. The number of rotatable bonds is 5. The monoisotopic (exact) mass is 469 g/mol. The molecule has 1 fully saturated rings. The molecule has 2 amide bonds. The molecule has 1 saturated heterocycles. The first-order chi connectivity index (χ1) is 16.6. The number of thioether (sulfide) groups is 1. The fraction of sp³-hybridized carbons (Fsp3) is 0.241. The van der Waals surface area contributed by atoms with Crippen molar-refractivity contribution in [2.45, 2.75) is 30.6 Å². The fourth-order valence-corrected chi connectivity index (χ4v) is 6.23. The van der Waals surface area contributed by atoms with Crippen molar-refractivity contribution in [3.63, 3.8) is 0 Å². The minimum absolute atomic E-state index is 0.0105. The van der Waals surface area contributed by atoms with Gasteiger partial charge in [0, 0.05) is 16.1 Å². The lowest BCUT2D eigenvalue weighted by Gasteiger charge is -2.36. The average molecular weight is 470 g/mol. The van der Waals surface area contributed by atoms with Gasteiger partial charge in [0.1, 0.15) is 6.61 Å². The zero-order valence-electron chi connectivity index (χ0n) is 19.0. The molecule has 2 heterocycles. The summed E-state index contributed by atoms with van der Waals surface area (Å²) in [5, 5.41) is -0.0105. The quantitative estimate of drug-likeness (QED) is 0.449. The van der Waals surface area contributed by atoms with E-state index in [0.717, 1.165) is 21.6 Å². The van der Waals surface area contributed by atoms with Crippen molar-refractivity contribution in [3.05, 3.63) is 114 Å². The van der Waals surface area contributed by atoms with E-state index in [9.17, 15) is 9.59 Å². The van der Waals surface area contributed by atoms with Crippen molar-refractivity contribution in [2.75, 3.05) is 6.61 Å². The predicted molar refractivity (Wildman–Crippen MR) is 136 cm³/mol. The van der Waals surface area contributed by atoms with E-state index in [1.807, 2.05) is 66.7 Å². The number of ether oxygens (including phenoxy) is 1. The molecule has 0 aliphatic carbocycles. The van der Waals surface area contributed by atoms with E-state index in [0.29, 0.717) is 6.42 Å². The van der Waals surface area contributed by atoms with Crippen LogP contribution in [0.25, 0.3) is 4.91 Å². The van der Waals surface area contributed by atoms with Gasteiger partial charge in [0.15, 0.2) is 0 Å². The van der Waals surface area contributed by atoms with Crippen LogP contribution in [0.3, 0.4) is 0 Å². The highest BCUT2D eigenvalue weighted by atomic mass is 32.2. The summed E-state index contributed by atoms with van der Waals surface area (Å²) in [6, 6.07) is 30.0. The molecule has 2 aliphatic heterocycles. The van der Waals surface area contributed by atoms with E-state index in [2.05, 4.69) is 37.3 Å². The number of carbonyl (C=O) groups excluding carboxylic acids is 2. The molecule has 4 nitrogen and oxygen atoms in total. The number of allylic oxidation sites excluding steroid dienone is 1. The van der Waals surface area contributed by atoms with Gasteiger partial charge in [0.05, 0.1) is 12.0 Å². The third kappa shape index (κ3) is 4.53. The van der Waals surface area contributed by atoms with Gasteiger partial charge < -0.3 is 4.74 Å². The smallest absolute Gasteiger partial charge is 0.416 e. The zero-order chi connectivity index (χ0) is 23.5. The number of benzene rings is 3. The minimum Gasteiger partial charge on any atom is -0.447 e. The maximum atomic E-state index is 14.0. The van der Waals surface area contributed by atoms with Crippen LogP contribution in [-0.4, -0.2) is 34.8 Å². The Morgan fingerprint density at radius 3 is 2.24 bits per heavy atom. The second-order valence-corrected chi connectivity index (χ2v) is 10.2. The summed E-state index contributed by atoms with van der Waals surface area (Å²) < 4.78 is 5.37. The fourth-order valence-electron chi connectivity index (χ4n) is 4.90. The second-order valence-electron chi connectivity index (χ2n) is 8.81. The summed E-state index contributed by atoms with van der Waals surface area (Å²) in [5.74, 6) is -0.657. The van der Waals surface area contributed by atoms with Gasteiger partial charge in [-0.15, -0.1) is 11.8 Å². The Kier molecular flexibility index (Phi) is 6.54. The number of hydrogen-bond acceptors (Lipinski definition) is 4. The van der Waals surface area contributed by atoms with Gasteiger partial charge in [0.25, 0.3) is 0 Å². The van der Waals surface area contributed by atoms with E-state index in [1.165, 1.54) is 4.90 Å². The topological polar surface area (TPSA) is 46.6 Å². The van der Waals surface area contributed by atoms with Gasteiger partial charge in [-0.1, -0.05) is 104 Å². The first-order valence-corrected chi connectivity index (χ1v) is 12.5. The Bertz CT molecular complexity index is 1180. The van der Waals surface area contributed by atoms with Crippen LogP contribution in [0.5, 0.6) is 0 Å². The highest BCUT2D eigenvalue weighted by molar-refractivity contribution is 8.08. The molecule has 0 N–H and O–H groups in total. The van der Waals surface area contributed by atoms with Gasteiger partial charge in [-0.2, -0.15) is 0 Å². The molecule has 0 radical (unpaired) electrons. The minimum atomic E-state index is -0.534. The van der Waals surface area contributed by atoms with Crippen LogP contribution in [0.15, 0.2) is 97.1 Å². The molecule has 0 aromatic heterocycles. The third-order valence-corrected chi connectivity index (χ3v) is 7.87. The van der Waals surface area contributed by atoms with Gasteiger partial charge in [0.2, 0.25) is 5.91 Å². The largest absolute Gasteiger partial charge is 0.447 e. The van der Waals surface area contributed by atoms with Gasteiger partial charge in [-0.3, -0.25) is 4.79 Å². The highest BCUT2D eigenvalue weighted by Gasteiger charge is 2.46. The molecular weight excluding hydrogens is 442 g/mol. The number of hydrogen-bond donors (Lipinski definition) is 0. The maximum Gasteiger partial charge on any atom is 0.416 e. The molecule has 172 valence electrons. The summed E-state index contributed by atoms with van der Waals surface area (Å²) in [6.45, 7) is 2.32. The molecule has 3 aromatic carbocycles. The predicted octanol–water partition coefficient (Wildman–Crippen LogP) is 6.15. The standard InChI is InChI=1S/C29H27NO3S/c1-20-27(28(31)30-24(19-33-29(30)32)17-21-11-5-2-6-12-21)25(22-13-7-3-8-14-22)18-26(34-20)23-15-9-4-10-16-23/h2-16,18,20,24-25,27H,17,19H2,1H3/t20-,24-,25+,27-/m0/s1. The number of carbonyl (C=O) groups is 2. The van der Waals surface area contributed by atoms with Gasteiger partial charge in [-0.05, 0) is 23.1 Å². The van der Waals surface area contributed by atoms with Crippen LogP contribution in [0.2, 0.25) is 0 Å². The highest BCUT2D eigenvalue weighted by Crippen LogP contribution is 2.47. The molecular formula is C29H27NO3S. The summed E-state index contributed by atoms with van der Waals surface area (Å²) in [7, 11) is 0. The zero-order valence-corrected chi connectivity index (χ0v) is 19.9. The third-order valence-electron chi connectivity index (χ3n) is 6.58. The van der Waals surface area contributed by atoms with E-state index >= 15 is 0 Å². The summed E-state index contributed by atoms with van der Waals surface area (Å²) >= 11 is 1.70. The van der Waals surface area contributed by atoms with Crippen LogP contribution in [0, 0.1) is 5.92 Å². The normalized spacial score (nSPS) is 24.4. The van der Waals surface area contributed by atoms with Crippen molar-refractivity contribution in [1.82, 2.24) is 4.90 Å². The number of cyclic esters (lactones) is 1. The molecule has 5 heteroatoms. The Balaban J connectivity index is 1.49. The van der Waals surface area contributed by atoms with Crippen LogP contribution >= 0.6 is 11.8 Å². The maximum absolute atomic E-state index is 14.0. The first-order valence-electron chi connectivity index (χ1n) is 11.6. The lowest BCUT2D eigenvalue weighted by Crippen LogP contribution is -2.47. The first kappa shape index (κ1) is 22.5. The Labute approximate surface area is 204 Å². The van der Waals surface area contributed by atoms with E-state index in [-0.39, 0.29) is 35.6 Å². The van der Waals surface area contributed by atoms with Crippen molar-refractivity contribution in [2.24, 2.45) is 5.92 Å². The Morgan fingerprint density at radius 2 is 1.56 bits per heavy atom. The van der Waals surface area contributed by atoms with Crippen LogP contribution in [-0.2, 0) is 16.0 Å². The lowest BCUT2D eigenvalue weighted by molar-refractivity contribution is -0.133. The van der Waals surface area contributed by atoms with Crippen molar-refractivity contribution >= 4 is 28.7 Å². The molecule has 2 aliphatic rings. The summed E-state index contributed by atoms with van der Waals surface area (Å²) in [4.78, 5) is 29.3. The van der Waals surface area contributed by atoms with Gasteiger partial charge >= 0.3 is 6.09 Å². The van der Waals surface area contributed by atoms with Crippen molar-refractivity contribution in [1.29, 1.82) is 0 Å². The molecule has 0 unspecified atom stereocenters. The average Bonchev–Trinajstić information content (AvgIpc) is 3.24. The van der Waals surface area contributed by atoms with E-state index in [1.54, 1.807) is 11.8 Å². The van der Waals surface area contributed by atoms with Gasteiger partial charge in [-0.25, -0.2) is 9.69 Å². The van der Waals surface area contributed by atoms with Crippen molar-refractivity contribution in [3.8, 4) is 0 Å². The summed E-state index contributed by atoms with van der Waals surface area (Å²) in [6.07, 6.45) is 2.26. The van der Waals surface area contributed by atoms with Crippen LogP contribution in [0.4, 0.5) is 4.79 Å². The molecule has 3 aromatic rings. The van der Waals surface area contributed by atoms with Crippen LogP contribution < -0.4 is 0 Å². The molecule has 0 bridgehead atoms. The molecule has 4 atom stereocenters. The molecule has 0 spiro atoms. The number of imide groups is 1. The lowest BCUT2D eigenvalue weighted by atomic mass is 9.81.